The van der Waals surface area contributed by atoms with E-state index in [-0.39, 0.29) is 0 Å². The molecule has 0 saturated carbocycles. The first-order chi connectivity index (χ1) is 9.31. The molecule has 2 heterocycles. The zero-order chi connectivity index (χ0) is 13.1. The number of nitrogens with one attached hydrogen (secondary N) is 2. The molecule has 2 N–H and O–H groups in total. The van der Waals surface area contributed by atoms with Crippen molar-refractivity contribution in [3.8, 4) is 0 Å². The normalized spacial score (nSPS) is 15.8. The minimum Gasteiger partial charge on any atom is -0.331 e. The fraction of sp³-hybridized carbons (Fsp3) is 0.308. The van der Waals surface area contributed by atoms with Crippen LogP contribution in [0.2, 0.25) is 0 Å². The van der Waals surface area contributed by atoms with E-state index in [1.54, 1.807) is 12.4 Å². The minimum absolute atomic E-state index is 0.763. The van der Waals surface area contributed by atoms with Crippen LogP contribution in [0.1, 0.15) is 12.8 Å². The third kappa shape index (κ3) is 3.32. The Labute approximate surface area is 125 Å². The van der Waals surface area contributed by atoms with Crippen molar-refractivity contribution < 1.29 is 0 Å². The Morgan fingerprint density at radius 3 is 2.89 bits per heavy atom. The molecule has 1 fully saturated rings. The number of aromatic amines is 1. The molecule has 0 atom stereocenters. The summed E-state index contributed by atoms with van der Waals surface area (Å²) in [7, 11) is 0. The quantitative estimate of drug-likeness (QED) is 0.826. The second-order valence-corrected chi connectivity index (χ2v) is 6.43. The van der Waals surface area contributed by atoms with Gasteiger partial charge in [0.15, 0.2) is 0 Å². The number of imidazole rings is 1. The van der Waals surface area contributed by atoms with Crippen molar-refractivity contribution in [2.45, 2.75) is 17.7 Å². The number of nitrogens with zero attached hydrogens (tertiary/aromatic N) is 2. The van der Waals surface area contributed by atoms with Crippen LogP contribution >= 0.6 is 27.9 Å². The number of hydrogen-bond acceptors (Lipinski definition) is 4. The molecule has 1 aromatic heterocycles. The number of anilines is 2. The number of H-pyrrole nitrogens is 1. The Morgan fingerprint density at radius 1 is 1.32 bits per heavy atom. The molecule has 2 aromatic rings. The van der Waals surface area contributed by atoms with E-state index in [0.717, 1.165) is 16.1 Å². The number of hydrogen-bond donors (Lipinski definition) is 2. The van der Waals surface area contributed by atoms with Gasteiger partial charge in [0.25, 0.3) is 0 Å². The highest BCUT2D eigenvalue weighted by Gasteiger charge is 2.14. The van der Waals surface area contributed by atoms with Gasteiger partial charge < -0.3 is 10.3 Å². The maximum absolute atomic E-state index is 4.17. The van der Waals surface area contributed by atoms with Crippen LogP contribution < -0.4 is 5.32 Å². The smallest absolute Gasteiger partial charge is 0.204 e. The maximum Gasteiger partial charge on any atom is 0.204 e. The van der Waals surface area contributed by atoms with E-state index >= 15 is 0 Å². The van der Waals surface area contributed by atoms with Crippen molar-refractivity contribution in [2.24, 2.45) is 0 Å². The highest BCUT2D eigenvalue weighted by Crippen LogP contribution is 2.34. The lowest BCUT2D eigenvalue weighted by Crippen LogP contribution is -2.08. The van der Waals surface area contributed by atoms with Crippen LogP contribution in [0.15, 0.2) is 40.0 Å². The standard InChI is InChI=1S/C13H15BrN4S/c14-11-4-3-10(17-13-15-5-6-16-13)9-12(11)19-18-7-1-2-8-18/h3-6,9H,1-2,7-8H2,(H2,15,16,17). The second-order valence-electron chi connectivity index (χ2n) is 4.44. The SMILES string of the molecule is Brc1ccc(Nc2ncc[nH]2)cc1SN1CCCC1. The predicted molar refractivity (Wildman–Crippen MR) is 82.7 cm³/mol. The first kappa shape index (κ1) is 13.0. The van der Waals surface area contributed by atoms with E-state index < -0.39 is 0 Å². The van der Waals surface area contributed by atoms with E-state index in [1.807, 2.05) is 18.0 Å². The van der Waals surface area contributed by atoms with Crippen molar-refractivity contribution in [2.75, 3.05) is 18.4 Å². The number of aromatic nitrogens is 2. The number of benzene rings is 1. The Hall–Kier alpha value is -0.980. The summed E-state index contributed by atoms with van der Waals surface area (Å²) in [6, 6.07) is 6.26. The van der Waals surface area contributed by atoms with E-state index in [4.69, 9.17) is 0 Å². The van der Waals surface area contributed by atoms with Gasteiger partial charge in [-0.2, -0.15) is 0 Å². The van der Waals surface area contributed by atoms with E-state index in [2.05, 4.69) is 47.7 Å². The van der Waals surface area contributed by atoms with Gasteiger partial charge in [0.05, 0.1) is 0 Å². The molecule has 1 aliphatic rings. The summed E-state index contributed by atoms with van der Waals surface area (Å²) in [5.41, 5.74) is 1.04. The summed E-state index contributed by atoms with van der Waals surface area (Å²) < 4.78 is 3.55. The van der Waals surface area contributed by atoms with Crippen LogP contribution in [0, 0.1) is 0 Å². The van der Waals surface area contributed by atoms with Gasteiger partial charge in [-0.3, -0.25) is 0 Å². The van der Waals surface area contributed by atoms with Crippen LogP contribution in [-0.2, 0) is 0 Å². The van der Waals surface area contributed by atoms with Gasteiger partial charge >= 0.3 is 0 Å². The largest absolute Gasteiger partial charge is 0.331 e. The molecule has 0 radical (unpaired) electrons. The molecule has 0 bridgehead atoms. The van der Waals surface area contributed by atoms with E-state index in [0.29, 0.717) is 0 Å². The third-order valence-corrected chi connectivity index (χ3v) is 5.10. The second kappa shape index (κ2) is 5.98. The molecule has 1 saturated heterocycles. The van der Waals surface area contributed by atoms with E-state index in [9.17, 15) is 0 Å². The molecule has 100 valence electrons. The predicted octanol–water partition coefficient (Wildman–Crippen LogP) is 4.02. The minimum atomic E-state index is 0.763. The lowest BCUT2D eigenvalue weighted by atomic mass is 10.3. The Kier molecular flexibility index (Phi) is 4.10. The monoisotopic (exact) mass is 338 g/mol. The molecule has 6 heteroatoms. The summed E-state index contributed by atoms with van der Waals surface area (Å²) >= 11 is 5.44. The van der Waals surface area contributed by atoms with Crippen LogP contribution in [0.5, 0.6) is 0 Å². The summed E-state index contributed by atoms with van der Waals surface area (Å²) in [4.78, 5) is 8.45. The highest BCUT2D eigenvalue weighted by atomic mass is 79.9. The zero-order valence-corrected chi connectivity index (χ0v) is 12.8. The fourth-order valence-corrected chi connectivity index (χ4v) is 3.56. The van der Waals surface area contributed by atoms with Gasteiger partial charge in [-0.05, 0) is 58.9 Å². The molecule has 1 aliphatic heterocycles. The summed E-state index contributed by atoms with van der Waals surface area (Å²) in [5.74, 6) is 0.763. The topological polar surface area (TPSA) is 44.0 Å². The summed E-state index contributed by atoms with van der Waals surface area (Å²) in [6.07, 6.45) is 6.14. The van der Waals surface area contributed by atoms with Crippen LogP contribution in [-0.4, -0.2) is 27.4 Å². The van der Waals surface area contributed by atoms with Crippen LogP contribution in [0.25, 0.3) is 0 Å². The van der Waals surface area contributed by atoms with Gasteiger partial charge in [0.1, 0.15) is 0 Å². The van der Waals surface area contributed by atoms with Gasteiger partial charge in [-0.1, -0.05) is 0 Å². The van der Waals surface area contributed by atoms with Crippen molar-refractivity contribution in [1.82, 2.24) is 14.3 Å². The molecule has 4 nitrogen and oxygen atoms in total. The Morgan fingerprint density at radius 2 is 2.16 bits per heavy atom. The van der Waals surface area contributed by atoms with Gasteiger partial charge in [0.2, 0.25) is 5.95 Å². The Bertz CT molecular complexity index is 538. The molecule has 3 rings (SSSR count). The molecule has 0 unspecified atom stereocenters. The third-order valence-electron chi connectivity index (χ3n) is 2.98. The van der Waals surface area contributed by atoms with Crippen molar-refractivity contribution in [1.29, 1.82) is 0 Å². The van der Waals surface area contributed by atoms with Gasteiger partial charge in [-0.25, -0.2) is 9.29 Å². The summed E-state index contributed by atoms with van der Waals surface area (Å²) in [5, 5.41) is 3.26. The molecule has 0 spiro atoms. The van der Waals surface area contributed by atoms with Crippen LogP contribution in [0.3, 0.4) is 0 Å². The van der Waals surface area contributed by atoms with Gasteiger partial charge in [0, 0.05) is 40.5 Å². The Balaban J connectivity index is 1.75. The lowest BCUT2D eigenvalue weighted by Gasteiger charge is -2.15. The number of halogens is 1. The first-order valence-corrected chi connectivity index (χ1v) is 7.87. The van der Waals surface area contributed by atoms with Crippen molar-refractivity contribution in [3.63, 3.8) is 0 Å². The molecule has 1 aromatic carbocycles. The lowest BCUT2D eigenvalue weighted by molar-refractivity contribution is 0.586. The molecular formula is C13H15BrN4S. The van der Waals surface area contributed by atoms with E-state index in [1.165, 1.54) is 30.8 Å². The first-order valence-electron chi connectivity index (χ1n) is 6.30. The maximum atomic E-state index is 4.17. The van der Waals surface area contributed by atoms with Crippen LogP contribution in [0.4, 0.5) is 11.6 Å². The molecule has 0 amide bonds. The van der Waals surface area contributed by atoms with Crippen molar-refractivity contribution >= 4 is 39.5 Å². The molecule has 0 aliphatic carbocycles. The highest BCUT2D eigenvalue weighted by molar-refractivity contribution is 9.10. The average molecular weight is 339 g/mol. The van der Waals surface area contributed by atoms with Gasteiger partial charge in [-0.15, -0.1) is 0 Å². The molecular weight excluding hydrogens is 324 g/mol. The average Bonchev–Trinajstić information content (AvgIpc) is 3.07. The number of rotatable bonds is 4. The molecule has 19 heavy (non-hydrogen) atoms. The fourth-order valence-electron chi connectivity index (χ4n) is 2.04. The van der Waals surface area contributed by atoms with Crippen molar-refractivity contribution in [3.05, 3.63) is 35.1 Å². The summed E-state index contributed by atoms with van der Waals surface area (Å²) in [6.45, 7) is 2.35. The zero-order valence-electron chi connectivity index (χ0n) is 10.4.